The van der Waals surface area contributed by atoms with Crippen LogP contribution in [0, 0.1) is 11.8 Å². The Hall–Kier alpha value is -3.43. The summed E-state index contributed by atoms with van der Waals surface area (Å²) in [6.45, 7) is 3.99. The lowest BCUT2D eigenvalue weighted by molar-refractivity contribution is -0.154. The number of sulfonamides is 1. The molecule has 3 rings (SSSR count). The predicted molar refractivity (Wildman–Crippen MR) is 126 cm³/mol. The van der Waals surface area contributed by atoms with Crippen molar-refractivity contribution in [2.24, 2.45) is 0 Å². The quantitative estimate of drug-likeness (QED) is 0.435. The van der Waals surface area contributed by atoms with Crippen LogP contribution in [0.5, 0.6) is 5.75 Å². The Bertz CT molecular complexity index is 1280. The van der Waals surface area contributed by atoms with Crippen molar-refractivity contribution >= 4 is 27.4 Å². The van der Waals surface area contributed by atoms with Gasteiger partial charge in [0, 0.05) is 18.7 Å². The molecule has 0 saturated heterocycles. The Morgan fingerprint density at radius 2 is 2.00 bits per heavy atom. The van der Waals surface area contributed by atoms with E-state index in [4.69, 9.17) is 14.2 Å². The molecule has 1 aliphatic heterocycles. The summed E-state index contributed by atoms with van der Waals surface area (Å²) in [4.78, 5) is 13.4. The zero-order chi connectivity index (χ0) is 26.5. The highest BCUT2D eigenvalue weighted by atomic mass is 32.2. The highest BCUT2D eigenvalue weighted by Gasteiger charge is 2.31. The van der Waals surface area contributed by atoms with Crippen LogP contribution in [0.25, 0.3) is 0 Å². The highest BCUT2D eigenvalue weighted by Crippen LogP contribution is 2.35. The Kier molecular flexibility index (Phi) is 8.37. The smallest absolute Gasteiger partial charge is 0.416 e. The third kappa shape index (κ3) is 6.61. The minimum atomic E-state index is -4.66. The van der Waals surface area contributed by atoms with Crippen LogP contribution in [0.3, 0.4) is 0 Å². The number of nitrogens with zero attached hydrogens (tertiary/aromatic N) is 1. The number of esters is 1. The van der Waals surface area contributed by atoms with Gasteiger partial charge in [0.1, 0.15) is 19.0 Å². The van der Waals surface area contributed by atoms with Crippen LogP contribution in [0.15, 0.2) is 41.3 Å². The average Bonchev–Trinajstić information content (AvgIpc) is 2.81. The molecule has 2 aromatic rings. The number of carbonyl (C=O) groups is 1. The average molecular weight is 527 g/mol. The maximum absolute atomic E-state index is 13.3. The van der Waals surface area contributed by atoms with Gasteiger partial charge in [-0.25, -0.2) is 13.2 Å². The zero-order valence-corrected chi connectivity index (χ0v) is 20.6. The molecule has 0 saturated carbocycles. The second kappa shape index (κ2) is 11.1. The fraction of sp³-hybridized carbons (Fsp3) is 0.375. The molecule has 0 spiro atoms. The zero-order valence-electron chi connectivity index (χ0n) is 19.8. The molecule has 8 nitrogen and oxygen atoms in total. The van der Waals surface area contributed by atoms with Gasteiger partial charge < -0.3 is 19.1 Å². The first-order chi connectivity index (χ1) is 16.9. The number of nitrogens with one attached hydrogen (secondary N) is 1. The van der Waals surface area contributed by atoms with Gasteiger partial charge >= 0.3 is 12.1 Å². The van der Waals surface area contributed by atoms with Gasteiger partial charge in [-0.1, -0.05) is 11.8 Å². The molecule has 12 heteroatoms. The van der Waals surface area contributed by atoms with Crippen molar-refractivity contribution < 1.29 is 40.6 Å². The first-order valence-corrected chi connectivity index (χ1v) is 12.4. The van der Waals surface area contributed by atoms with Gasteiger partial charge in [0.05, 0.1) is 35.0 Å². The van der Waals surface area contributed by atoms with Crippen molar-refractivity contribution in [2.45, 2.75) is 31.0 Å². The van der Waals surface area contributed by atoms with Gasteiger partial charge in [0.15, 0.2) is 6.10 Å². The normalized spacial score (nSPS) is 14.1. The molecule has 0 bridgehead atoms. The van der Waals surface area contributed by atoms with Crippen LogP contribution in [-0.4, -0.2) is 53.9 Å². The molecule has 0 aromatic heterocycles. The number of ether oxygens (including phenoxy) is 3. The van der Waals surface area contributed by atoms with Crippen molar-refractivity contribution in [3.8, 4) is 17.6 Å². The number of likely N-dealkylation sites (N-methyl/N-ethyl adjacent to an activating group) is 1. The number of anilines is 2. The fourth-order valence-corrected chi connectivity index (χ4v) is 4.34. The first kappa shape index (κ1) is 27.2. The van der Waals surface area contributed by atoms with E-state index in [0.29, 0.717) is 18.9 Å². The van der Waals surface area contributed by atoms with Crippen LogP contribution < -0.4 is 14.4 Å². The van der Waals surface area contributed by atoms with E-state index in [2.05, 4.69) is 16.6 Å². The molecule has 0 fully saturated rings. The van der Waals surface area contributed by atoms with E-state index in [1.807, 2.05) is 11.9 Å². The SMILES string of the molecule is CCOC(=O)C(C)OCC#Cc1cc(C(F)(F)F)ccc1NS(=O)(=O)c1ccc2c(c1)OCCN2C. The summed E-state index contributed by atoms with van der Waals surface area (Å²) >= 11 is 0. The molecular weight excluding hydrogens is 501 g/mol. The molecule has 0 amide bonds. The molecule has 36 heavy (non-hydrogen) atoms. The van der Waals surface area contributed by atoms with Crippen LogP contribution in [0.4, 0.5) is 24.5 Å². The predicted octanol–water partition coefficient (Wildman–Crippen LogP) is 3.65. The summed E-state index contributed by atoms with van der Waals surface area (Å²) in [5.41, 5.74) is -0.640. The van der Waals surface area contributed by atoms with Crippen molar-refractivity contribution in [1.29, 1.82) is 0 Å². The van der Waals surface area contributed by atoms with Gasteiger partial charge in [-0.3, -0.25) is 4.72 Å². The second-order valence-electron chi connectivity index (χ2n) is 7.77. The van der Waals surface area contributed by atoms with Crippen molar-refractivity contribution in [3.63, 3.8) is 0 Å². The third-order valence-electron chi connectivity index (χ3n) is 5.18. The van der Waals surface area contributed by atoms with E-state index in [1.165, 1.54) is 19.1 Å². The summed E-state index contributed by atoms with van der Waals surface area (Å²) in [7, 11) is -2.34. The topological polar surface area (TPSA) is 94.2 Å². The molecule has 0 aliphatic carbocycles. The number of halogens is 3. The number of fused-ring (bicyclic) bond motifs is 1. The van der Waals surface area contributed by atoms with Crippen LogP contribution in [0.2, 0.25) is 0 Å². The van der Waals surface area contributed by atoms with Gasteiger partial charge in [-0.2, -0.15) is 13.2 Å². The Morgan fingerprint density at radius 1 is 1.25 bits per heavy atom. The van der Waals surface area contributed by atoms with Crippen LogP contribution in [-0.2, 0) is 30.5 Å². The summed E-state index contributed by atoms with van der Waals surface area (Å²) < 4.78 is 83.7. The van der Waals surface area contributed by atoms with Crippen LogP contribution in [0.1, 0.15) is 25.0 Å². The minimum Gasteiger partial charge on any atom is -0.490 e. The van der Waals surface area contributed by atoms with E-state index in [0.717, 1.165) is 23.9 Å². The summed E-state index contributed by atoms with van der Waals surface area (Å²) in [5.74, 6) is 4.79. The lowest BCUT2D eigenvalue weighted by Crippen LogP contribution is -2.29. The monoisotopic (exact) mass is 526 g/mol. The third-order valence-corrected chi connectivity index (χ3v) is 6.54. The number of carbonyl (C=O) groups excluding carboxylic acids is 1. The maximum Gasteiger partial charge on any atom is 0.416 e. The lowest BCUT2D eigenvalue weighted by atomic mass is 10.1. The Morgan fingerprint density at radius 3 is 2.69 bits per heavy atom. The number of hydrogen-bond acceptors (Lipinski definition) is 7. The van der Waals surface area contributed by atoms with E-state index in [1.54, 1.807) is 13.0 Å². The Balaban J connectivity index is 1.87. The molecule has 194 valence electrons. The van der Waals surface area contributed by atoms with Gasteiger partial charge in [-0.15, -0.1) is 0 Å². The molecule has 2 aromatic carbocycles. The van der Waals surface area contributed by atoms with Crippen molar-refractivity contribution in [1.82, 2.24) is 0 Å². The molecule has 1 heterocycles. The summed E-state index contributed by atoms with van der Waals surface area (Å²) in [6, 6.07) is 6.82. The molecular formula is C24H25F3N2O6S. The summed E-state index contributed by atoms with van der Waals surface area (Å²) in [6.07, 6.45) is -5.59. The molecule has 1 aliphatic rings. The standard InChI is InChI=1S/C24H25F3N2O6S/c1-4-33-23(30)16(2)34-12-5-6-17-14-18(24(25,26)27)7-9-20(17)28-36(31,32)19-8-10-21-22(15-19)35-13-11-29(21)3/h7-10,14-16,28H,4,11-13H2,1-3H3. The van der Waals surface area contributed by atoms with E-state index in [-0.39, 0.29) is 29.4 Å². The molecule has 0 radical (unpaired) electrons. The van der Waals surface area contributed by atoms with Gasteiger partial charge in [0.25, 0.3) is 10.0 Å². The number of hydrogen-bond donors (Lipinski definition) is 1. The molecule has 1 N–H and O–H groups in total. The molecule has 1 atom stereocenters. The second-order valence-corrected chi connectivity index (χ2v) is 9.45. The largest absolute Gasteiger partial charge is 0.490 e. The van der Waals surface area contributed by atoms with Crippen molar-refractivity contribution in [2.75, 3.05) is 43.0 Å². The minimum absolute atomic E-state index is 0.123. The first-order valence-electron chi connectivity index (χ1n) is 10.9. The van der Waals surface area contributed by atoms with Crippen LogP contribution >= 0.6 is 0 Å². The number of rotatable bonds is 7. The maximum atomic E-state index is 13.3. The molecule has 1 unspecified atom stereocenters. The number of alkyl halides is 3. The number of benzene rings is 2. The van der Waals surface area contributed by atoms with E-state index in [9.17, 15) is 26.4 Å². The summed E-state index contributed by atoms with van der Waals surface area (Å²) in [5, 5.41) is 0. The van der Waals surface area contributed by atoms with Gasteiger partial charge in [0.2, 0.25) is 0 Å². The van der Waals surface area contributed by atoms with E-state index < -0.39 is 33.8 Å². The Labute approximate surface area is 207 Å². The lowest BCUT2D eigenvalue weighted by Gasteiger charge is -2.27. The van der Waals surface area contributed by atoms with E-state index >= 15 is 0 Å². The fourth-order valence-electron chi connectivity index (χ4n) is 3.25. The highest BCUT2D eigenvalue weighted by molar-refractivity contribution is 7.92. The van der Waals surface area contributed by atoms with Gasteiger partial charge in [-0.05, 0) is 44.2 Å². The van der Waals surface area contributed by atoms with Crippen molar-refractivity contribution in [3.05, 3.63) is 47.5 Å².